The zero-order valence-corrected chi connectivity index (χ0v) is 15.4. The molecule has 1 fully saturated rings. The Morgan fingerprint density at radius 2 is 1.25 bits per heavy atom. The molecule has 0 aromatic carbocycles. The molecule has 10 heteroatoms. The summed E-state index contributed by atoms with van der Waals surface area (Å²) in [6.07, 6.45) is -4.15. The molecule has 0 aromatic rings. The molecule has 5 atom stereocenters. The third kappa shape index (κ3) is 6.10. The number of esters is 4. The van der Waals surface area contributed by atoms with Crippen LogP contribution in [-0.2, 0) is 42.9 Å². The molecule has 1 aliphatic rings. The summed E-state index contributed by atoms with van der Waals surface area (Å²) < 4.78 is 26.0. The van der Waals surface area contributed by atoms with Crippen molar-refractivity contribution in [1.29, 1.82) is 0 Å². The normalized spacial score (nSPS) is 29.3. The van der Waals surface area contributed by atoms with Gasteiger partial charge in [0.15, 0.2) is 0 Å². The number of hydrogen-bond acceptors (Lipinski definition) is 9. The Balaban J connectivity index is 3.11. The van der Waals surface area contributed by atoms with Crippen LogP contribution in [0.15, 0.2) is 0 Å². The van der Waals surface area contributed by atoms with E-state index in [2.05, 4.69) is 16.0 Å². The van der Waals surface area contributed by atoms with Gasteiger partial charge in [-0.1, -0.05) is 0 Å². The summed E-state index contributed by atoms with van der Waals surface area (Å²) in [5.41, 5.74) is 0. The standard InChI is InChI=1S/C14H19O9Se/c1-6(15)19-5-10-11(20-7(2)16)12(21-8(3)17)13(14(24)23-10)22-9(4)18/h10-14H,5H2,1-4H3/t10-,11-,12+,13-,14?/m1/s1. The molecule has 0 aromatic heterocycles. The molecule has 135 valence electrons. The van der Waals surface area contributed by atoms with E-state index >= 15 is 0 Å². The molecular weight excluding hydrogens is 391 g/mol. The van der Waals surface area contributed by atoms with Crippen LogP contribution >= 0.6 is 0 Å². The van der Waals surface area contributed by atoms with Crippen molar-refractivity contribution in [3.8, 4) is 0 Å². The minimum atomic E-state index is -1.11. The number of hydrogen-bond donors (Lipinski definition) is 0. The van der Waals surface area contributed by atoms with Crippen LogP contribution in [0.2, 0.25) is 0 Å². The summed E-state index contributed by atoms with van der Waals surface area (Å²) in [7, 11) is 0. The van der Waals surface area contributed by atoms with Gasteiger partial charge in [0, 0.05) is 0 Å². The van der Waals surface area contributed by atoms with E-state index in [0.717, 1.165) is 0 Å². The molecule has 1 rings (SSSR count). The van der Waals surface area contributed by atoms with Crippen molar-refractivity contribution in [3.63, 3.8) is 0 Å². The number of rotatable bonds is 5. The third-order valence-corrected chi connectivity index (χ3v) is 3.74. The minimum absolute atomic E-state index is 0.226. The first-order valence-corrected chi connectivity index (χ1v) is 8.07. The molecule has 0 aliphatic carbocycles. The quantitative estimate of drug-likeness (QED) is 0.328. The molecule has 1 aliphatic heterocycles. The van der Waals surface area contributed by atoms with Gasteiger partial charge >= 0.3 is 146 Å². The van der Waals surface area contributed by atoms with Crippen LogP contribution in [0.3, 0.4) is 0 Å². The van der Waals surface area contributed by atoms with Gasteiger partial charge in [-0.05, 0) is 0 Å². The molecule has 1 saturated heterocycles. The van der Waals surface area contributed by atoms with E-state index in [4.69, 9.17) is 23.7 Å². The van der Waals surface area contributed by atoms with Crippen LogP contribution < -0.4 is 0 Å². The van der Waals surface area contributed by atoms with Crippen LogP contribution in [0.4, 0.5) is 0 Å². The molecule has 0 spiro atoms. The fourth-order valence-electron chi connectivity index (χ4n) is 2.19. The summed E-state index contributed by atoms with van der Waals surface area (Å²) in [6.45, 7) is 4.50. The summed E-state index contributed by atoms with van der Waals surface area (Å²) in [5.74, 6) is -2.49. The Labute approximate surface area is 147 Å². The van der Waals surface area contributed by atoms with Gasteiger partial charge in [0.1, 0.15) is 0 Å². The van der Waals surface area contributed by atoms with Crippen molar-refractivity contribution in [2.75, 3.05) is 6.61 Å². The van der Waals surface area contributed by atoms with Gasteiger partial charge in [0.25, 0.3) is 0 Å². The average molecular weight is 410 g/mol. The average Bonchev–Trinajstić information content (AvgIpc) is 2.42. The van der Waals surface area contributed by atoms with Gasteiger partial charge in [0.05, 0.1) is 0 Å². The zero-order chi connectivity index (χ0) is 18.4. The van der Waals surface area contributed by atoms with E-state index in [0.29, 0.717) is 0 Å². The van der Waals surface area contributed by atoms with E-state index in [1.54, 1.807) is 0 Å². The Hall–Kier alpha value is -1.64. The summed E-state index contributed by atoms with van der Waals surface area (Å²) in [6, 6.07) is 0. The van der Waals surface area contributed by atoms with Crippen LogP contribution in [0.5, 0.6) is 0 Å². The fraction of sp³-hybridized carbons (Fsp3) is 0.714. The first-order chi connectivity index (χ1) is 11.1. The summed E-state index contributed by atoms with van der Waals surface area (Å²) >= 11 is 2.66. The number of ether oxygens (including phenoxy) is 5. The van der Waals surface area contributed by atoms with Gasteiger partial charge < -0.3 is 0 Å². The zero-order valence-electron chi connectivity index (χ0n) is 13.7. The Kier molecular flexibility index (Phi) is 7.65. The molecule has 0 amide bonds. The first-order valence-electron chi connectivity index (χ1n) is 7.08. The second-order valence-electron chi connectivity index (χ2n) is 5.07. The Bertz CT molecular complexity index is 506. The van der Waals surface area contributed by atoms with E-state index < -0.39 is 53.3 Å². The molecule has 0 saturated carbocycles. The summed E-state index contributed by atoms with van der Waals surface area (Å²) in [5, 5.41) is -0.800. The summed E-state index contributed by atoms with van der Waals surface area (Å²) in [4.78, 5) is 45.1. The second kappa shape index (κ2) is 9.00. The van der Waals surface area contributed by atoms with E-state index in [1.165, 1.54) is 27.7 Å². The number of carbonyl (C=O) groups is 4. The van der Waals surface area contributed by atoms with Crippen molar-refractivity contribution >= 4 is 39.9 Å². The molecule has 0 bridgehead atoms. The van der Waals surface area contributed by atoms with Crippen molar-refractivity contribution < 1.29 is 42.9 Å². The van der Waals surface area contributed by atoms with Crippen LogP contribution in [0.25, 0.3) is 0 Å². The predicted molar refractivity (Wildman–Crippen MR) is 77.7 cm³/mol. The fourth-order valence-corrected chi connectivity index (χ4v) is 2.93. The predicted octanol–water partition coefficient (Wildman–Crippen LogP) is -0.762. The van der Waals surface area contributed by atoms with Crippen molar-refractivity contribution in [2.24, 2.45) is 0 Å². The Morgan fingerprint density at radius 1 is 0.792 bits per heavy atom. The molecule has 0 N–H and O–H groups in total. The first kappa shape index (κ1) is 20.4. The monoisotopic (exact) mass is 411 g/mol. The topological polar surface area (TPSA) is 114 Å². The molecule has 9 nitrogen and oxygen atoms in total. The van der Waals surface area contributed by atoms with E-state index in [-0.39, 0.29) is 6.61 Å². The van der Waals surface area contributed by atoms with Crippen molar-refractivity contribution in [1.82, 2.24) is 0 Å². The maximum absolute atomic E-state index is 11.4. The maximum atomic E-state index is 11.4. The van der Waals surface area contributed by atoms with Gasteiger partial charge in [-0.3, -0.25) is 0 Å². The van der Waals surface area contributed by atoms with Crippen LogP contribution in [-0.4, -0.2) is 75.9 Å². The molecule has 24 heavy (non-hydrogen) atoms. The van der Waals surface area contributed by atoms with Crippen LogP contribution in [0.1, 0.15) is 27.7 Å². The SMILES string of the molecule is CC(=O)OC[C@H]1OC([Se])[C@H](OC(C)=O)[C@@H](OC(C)=O)[C@@H]1OC(C)=O. The molecule has 1 radical (unpaired) electrons. The van der Waals surface area contributed by atoms with Gasteiger partial charge in [0.2, 0.25) is 0 Å². The van der Waals surface area contributed by atoms with E-state index in [1.807, 2.05) is 0 Å². The van der Waals surface area contributed by atoms with E-state index in [9.17, 15) is 19.2 Å². The van der Waals surface area contributed by atoms with Crippen LogP contribution in [0, 0.1) is 0 Å². The van der Waals surface area contributed by atoms with Gasteiger partial charge in [-0.25, -0.2) is 0 Å². The van der Waals surface area contributed by atoms with Gasteiger partial charge in [-0.2, -0.15) is 0 Å². The second-order valence-corrected chi connectivity index (χ2v) is 6.04. The Morgan fingerprint density at radius 3 is 1.71 bits per heavy atom. The van der Waals surface area contributed by atoms with Crippen molar-refractivity contribution in [3.05, 3.63) is 0 Å². The molecular formula is C14H19O9Se. The molecule has 1 heterocycles. The number of carbonyl (C=O) groups excluding carboxylic acids is 4. The molecule has 1 unspecified atom stereocenters. The third-order valence-electron chi connectivity index (χ3n) is 2.95. The van der Waals surface area contributed by atoms with Gasteiger partial charge in [-0.15, -0.1) is 0 Å². The van der Waals surface area contributed by atoms with Crippen molar-refractivity contribution in [2.45, 2.75) is 57.1 Å².